The summed E-state index contributed by atoms with van der Waals surface area (Å²) in [6.07, 6.45) is 1.38. The lowest BCUT2D eigenvalue weighted by atomic mass is 10.1. The van der Waals surface area contributed by atoms with E-state index in [2.05, 4.69) is 5.32 Å². The number of ether oxygens (including phenoxy) is 1. The smallest absolute Gasteiger partial charge is 0.325 e. The molecule has 8 nitrogen and oxygen atoms in total. The molecule has 124 valence electrons. The first-order valence-corrected chi connectivity index (χ1v) is 7.49. The Labute approximate surface area is 133 Å². The molecule has 0 radical (unpaired) electrons. The molecule has 1 aromatic rings. The van der Waals surface area contributed by atoms with E-state index in [4.69, 9.17) is 4.74 Å². The summed E-state index contributed by atoms with van der Waals surface area (Å²) in [7, 11) is 0. The summed E-state index contributed by atoms with van der Waals surface area (Å²) in [4.78, 5) is 35.7. The van der Waals surface area contributed by atoms with E-state index in [9.17, 15) is 19.7 Å². The summed E-state index contributed by atoms with van der Waals surface area (Å²) in [6.45, 7) is 4.00. The Morgan fingerprint density at radius 2 is 2.09 bits per heavy atom. The highest BCUT2D eigenvalue weighted by atomic mass is 16.6. The number of rotatable bonds is 7. The first-order valence-electron chi connectivity index (χ1n) is 7.49. The fourth-order valence-electron chi connectivity index (χ4n) is 2.47. The third-order valence-electron chi connectivity index (χ3n) is 3.55. The molecule has 3 amide bonds. The third kappa shape index (κ3) is 3.58. The molecule has 1 aliphatic heterocycles. The maximum atomic E-state index is 12.2. The first-order chi connectivity index (χ1) is 11.0. The van der Waals surface area contributed by atoms with Crippen molar-refractivity contribution in [2.75, 3.05) is 6.61 Å². The molecular formula is C15H19N3O5. The molecule has 1 aliphatic rings. The molecule has 1 aromatic carbocycles. The minimum absolute atomic E-state index is 0.0585. The molecule has 1 N–H and O–H groups in total. The van der Waals surface area contributed by atoms with Gasteiger partial charge in [0.05, 0.1) is 18.1 Å². The van der Waals surface area contributed by atoms with Gasteiger partial charge in [0.25, 0.3) is 5.91 Å². The van der Waals surface area contributed by atoms with Crippen molar-refractivity contribution >= 4 is 17.6 Å². The maximum Gasteiger partial charge on any atom is 0.325 e. The Morgan fingerprint density at radius 3 is 2.70 bits per heavy atom. The van der Waals surface area contributed by atoms with Crippen molar-refractivity contribution in [2.24, 2.45) is 0 Å². The van der Waals surface area contributed by atoms with Gasteiger partial charge in [0.15, 0.2) is 5.75 Å². The molecule has 1 unspecified atom stereocenters. The van der Waals surface area contributed by atoms with Crippen LogP contribution in [0.4, 0.5) is 10.5 Å². The number of nitrogens with zero attached hydrogens (tertiary/aromatic N) is 2. The van der Waals surface area contributed by atoms with Crippen LogP contribution in [0.2, 0.25) is 0 Å². The molecule has 1 fully saturated rings. The second-order valence-electron chi connectivity index (χ2n) is 5.21. The van der Waals surface area contributed by atoms with Gasteiger partial charge in [0.1, 0.15) is 6.04 Å². The number of amides is 3. The maximum absolute atomic E-state index is 12.2. The highest BCUT2D eigenvalue weighted by Crippen LogP contribution is 2.29. The summed E-state index contributed by atoms with van der Waals surface area (Å²) in [5, 5.41) is 13.6. The molecule has 1 saturated heterocycles. The van der Waals surface area contributed by atoms with Crippen molar-refractivity contribution < 1.29 is 19.2 Å². The standard InChI is InChI=1S/C15H19N3O5/c1-3-5-11-14(19)17(15(20)16-11)9-10-6-7-12(18(21)22)13(8-10)23-4-2/h6-8,11H,3-5,9H2,1-2H3,(H,16,20). The van der Waals surface area contributed by atoms with E-state index in [1.807, 2.05) is 6.92 Å². The lowest BCUT2D eigenvalue weighted by molar-refractivity contribution is -0.385. The van der Waals surface area contributed by atoms with E-state index in [0.29, 0.717) is 12.0 Å². The molecule has 0 aromatic heterocycles. The molecule has 0 aliphatic carbocycles. The Balaban J connectivity index is 2.20. The van der Waals surface area contributed by atoms with Crippen LogP contribution in [0.1, 0.15) is 32.3 Å². The van der Waals surface area contributed by atoms with Crippen LogP contribution in [-0.2, 0) is 11.3 Å². The number of benzene rings is 1. The predicted octanol–water partition coefficient (Wildman–Crippen LogP) is 2.21. The van der Waals surface area contributed by atoms with Gasteiger partial charge in [-0.3, -0.25) is 19.8 Å². The van der Waals surface area contributed by atoms with Crippen molar-refractivity contribution in [3.05, 3.63) is 33.9 Å². The van der Waals surface area contributed by atoms with Crippen LogP contribution in [0, 0.1) is 10.1 Å². The summed E-state index contributed by atoms with van der Waals surface area (Å²) in [5.41, 5.74) is 0.455. The van der Waals surface area contributed by atoms with Gasteiger partial charge in [0, 0.05) is 6.07 Å². The van der Waals surface area contributed by atoms with Gasteiger partial charge in [0.2, 0.25) is 0 Å². The highest BCUT2D eigenvalue weighted by Gasteiger charge is 2.37. The quantitative estimate of drug-likeness (QED) is 0.471. The van der Waals surface area contributed by atoms with Gasteiger partial charge in [-0.25, -0.2) is 4.79 Å². The number of nitro groups is 1. The Bertz CT molecular complexity index is 632. The fourth-order valence-corrected chi connectivity index (χ4v) is 2.47. The lowest BCUT2D eigenvalue weighted by Crippen LogP contribution is -2.30. The Morgan fingerprint density at radius 1 is 1.35 bits per heavy atom. The van der Waals surface area contributed by atoms with Crippen molar-refractivity contribution in [1.29, 1.82) is 0 Å². The summed E-state index contributed by atoms with van der Waals surface area (Å²) < 4.78 is 5.27. The highest BCUT2D eigenvalue weighted by molar-refractivity contribution is 6.04. The number of nitro benzene ring substituents is 1. The number of nitrogens with one attached hydrogen (secondary N) is 1. The second-order valence-corrected chi connectivity index (χ2v) is 5.21. The zero-order chi connectivity index (χ0) is 17.0. The largest absolute Gasteiger partial charge is 0.487 e. The van der Waals surface area contributed by atoms with E-state index in [0.717, 1.165) is 11.3 Å². The van der Waals surface area contributed by atoms with Gasteiger partial charge >= 0.3 is 11.7 Å². The molecule has 8 heteroatoms. The fraction of sp³-hybridized carbons (Fsp3) is 0.467. The van der Waals surface area contributed by atoms with Crippen molar-refractivity contribution in [1.82, 2.24) is 10.2 Å². The average Bonchev–Trinajstić information content (AvgIpc) is 2.76. The molecule has 2 rings (SSSR count). The number of urea groups is 1. The van der Waals surface area contributed by atoms with Gasteiger partial charge in [-0.15, -0.1) is 0 Å². The SMILES string of the molecule is CCCC1NC(=O)N(Cc2ccc([N+](=O)[O-])c(OCC)c2)C1=O. The molecule has 0 bridgehead atoms. The van der Waals surface area contributed by atoms with Gasteiger partial charge < -0.3 is 10.1 Å². The van der Waals surface area contributed by atoms with Crippen LogP contribution >= 0.6 is 0 Å². The third-order valence-corrected chi connectivity index (χ3v) is 3.55. The molecule has 23 heavy (non-hydrogen) atoms. The van der Waals surface area contributed by atoms with E-state index in [-0.39, 0.29) is 30.5 Å². The normalized spacial score (nSPS) is 17.3. The van der Waals surface area contributed by atoms with Crippen LogP contribution < -0.4 is 10.1 Å². The molecule has 0 saturated carbocycles. The first kappa shape index (κ1) is 16.7. The van der Waals surface area contributed by atoms with Crippen LogP contribution in [0.25, 0.3) is 0 Å². The van der Waals surface area contributed by atoms with Crippen molar-refractivity contribution in [3.63, 3.8) is 0 Å². The van der Waals surface area contributed by atoms with Crippen LogP contribution in [-0.4, -0.2) is 34.4 Å². The van der Waals surface area contributed by atoms with Crippen molar-refractivity contribution in [2.45, 2.75) is 39.3 Å². The Hall–Kier alpha value is -2.64. The summed E-state index contributed by atoms with van der Waals surface area (Å²) in [5.74, 6) is -0.139. The summed E-state index contributed by atoms with van der Waals surface area (Å²) in [6, 6.07) is 3.41. The lowest BCUT2D eigenvalue weighted by Gasteiger charge is -2.14. The van der Waals surface area contributed by atoms with Crippen LogP contribution in [0.5, 0.6) is 5.75 Å². The number of imide groups is 1. The number of hydrogen-bond acceptors (Lipinski definition) is 5. The van der Waals surface area contributed by atoms with Gasteiger partial charge in [-0.2, -0.15) is 0 Å². The van der Waals surface area contributed by atoms with Crippen LogP contribution in [0.15, 0.2) is 18.2 Å². The number of carbonyl (C=O) groups is 2. The zero-order valence-corrected chi connectivity index (χ0v) is 13.1. The minimum Gasteiger partial charge on any atom is -0.487 e. The zero-order valence-electron chi connectivity index (χ0n) is 13.1. The van der Waals surface area contributed by atoms with Gasteiger partial charge in [-0.1, -0.05) is 19.4 Å². The minimum atomic E-state index is -0.528. The van der Waals surface area contributed by atoms with E-state index >= 15 is 0 Å². The molecule has 1 heterocycles. The number of carbonyl (C=O) groups excluding carboxylic acids is 2. The van der Waals surface area contributed by atoms with Crippen molar-refractivity contribution in [3.8, 4) is 5.75 Å². The second kappa shape index (κ2) is 7.08. The Kier molecular flexibility index (Phi) is 5.15. The number of hydrogen-bond donors (Lipinski definition) is 1. The summed E-state index contributed by atoms with van der Waals surface area (Å²) >= 11 is 0. The van der Waals surface area contributed by atoms with Gasteiger partial charge in [-0.05, 0) is 25.0 Å². The van der Waals surface area contributed by atoms with E-state index in [1.165, 1.54) is 18.2 Å². The topological polar surface area (TPSA) is 102 Å². The predicted molar refractivity (Wildman–Crippen MR) is 82.0 cm³/mol. The molecular weight excluding hydrogens is 302 g/mol. The average molecular weight is 321 g/mol. The molecule has 0 spiro atoms. The van der Waals surface area contributed by atoms with Crippen LogP contribution in [0.3, 0.4) is 0 Å². The molecule has 1 atom stereocenters. The monoisotopic (exact) mass is 321 g/mol. The van der Waals surface area contributed by atoms with E-state index in [1.54, 1.807) is 6.92 Å². The van der Waals surface area contributed by atoms with E-state index < -0.39 is 17.0 Å².